The molecule has 1 aromatic carbocycles. The third-order valence-corrected chi connectivity index (χ3v) is 5.77. The monoisotopic (exact) mass is 426 g/mol. The maximum atomic E-state index is 12.3. The molecule has 0 unspecified atom stereocenters. The van der Waals surface area contributed by atoms with Crippen molar-refractivity contribution >= 4 is 39.1 Å². The lowest BCUT2D eigenvalue weighted by Crippen LogP contribution is -2.36. The minimum atomic E-state index is -3.34. The fraction of sp³-hybridized carbons (Fsp3) is 0.353. The molecule has 0 radical (unpaired) electrons. The van der Waals surface area contributed by atoms with Gasteiger partial charge in [-0.1, -0.05) is 17.7 Å². The van der Waals surface area contributed by atoms with Crippen molar-refractivity contribution in [2.45, 2.75) is 17.9 Å². The third kappa shape index (κ3) is 4.51. The number of sulfone groups is 1. The first kappa shape index (κ1) is 20.3. The van der Waals surface area contributed by atoms with Gasteiger partial charge in [0.2, 0.25) is 0 Å². The summed E-state index contributed by atoms with van der Waals surface area (Å²) in [5.41, 5.74) is 1.26. The standard InChI is InChI=1S/C17H19ClN4O5S/c1-27-7-3-6-19-16(23)17(24)20-15-13-9-28(25,26)10-14(13)21-22(15)12-5-2-4-11(18)8-12/h2,4-5,8H,3,6-7,9-10H2,1H3,(H,19,23)(H,20,24). The van der Waals surface area contributed by atoms with Crippen molar-refractivity contribution in [1.29, 1.82) is 0 Å². The van der Waals surface area contributed by atoms with Crippen LogP contribution in [0.2, 0.25) is 5.02 Å². The molecular weight excluding hydrogens is 408 g/mol. The average molecular weight is 427 g/mol. The van der Waals surface area contributed by atoms with E-state index in [0.717, 1.165) is 0 Å². The van der Waals surface area contributed by atoms with Gasteiger partial charge in [-0.05, 0) is 24.6 Å². The number of benzene rings is 1. The number of halogens is 1. The van der Waals surface area contributed by atoms with E-state index in [4.69, 9.17) is 16.3 Å². The predicted molar refractivity (Wildman–Crippen MR) is 103 cm³/mol. The summed E-state index contributed by atoms with van der Waals surface area (Å²) in [5, 5.41) is 9.75. The Balaban J connectivity index is 1.87. The van der Waals surface area contributed by atoms with E-state index in [1.165, 1.54) is 4.68 Å². The van der Waals surface area contributed by atoms with E-state index in [1.807, 2.05) is 0 Å². The van der Waals surface area contributed by atoms with Gasteiger partial charge < -0.3 is 15.4 Å². The lowest BCUT2D eigenvalue weighted by atomic mass is 10.2. The Morgan fingerprint density at radius 3 is 2.79 bits per heavy atom. The van der Waals surface area contributed by atoms with Crippen LogP contribution in [0.4, 0.5) is 5.82 Å². The molecule has 3 rings (SSSR count). The quantitative estimate of drug-likeness (QED) is 0.526. The first-order valence-electron chi connectivity index (χ1n) is 8.46. The highest BCUT2D eigenvalue weighted by Crippen LogP contribution is 2.33. The number of carbonyl (C=O) groups is 2. The van der Waals surface area contributed by atoms with Gasteiger partial charge in [-0.3, -0.25) is 9.59 Å². The summed E-state index contributed by atoms with van der Waals surface area (Å²) in [7, 11) is -1.79. The van der Waals surface area contributed by atoms with Crippen LogP contribution in [-0.4, -0.2) is 50.3 Å². The van der Waals surface area contributed by atoms with Crippen molar-refractivity contribution in [3.63, 3.8) is 0 Å². The Hall–Kier alpha value is -2.43. The summed E-state index contributed by atoms with van der Waals surface area (Å²) in [4.78, 5) is 24.3. The Bertz CT molecular complexity index is 1020. The summed E-state index contributed by atoms with van der Waals surface area (Å²) < 4.78 is 30.2. The first-order chi connectivity index (χ1) is 13.3. The van der Waals surface area contributed by atoms with Crippen LogP contribution in [0.5, 0.6) is 0 Å². The van der Waals surface area contributed by atoms with Gasteiger partial charge in [-0.15, -0.1) is 0 Å². The van der Waals surface area contributed by atoms with Gasteiger partial charge in [0.15, 0.2) is 9.84 Å². The number of hydrogen-bond acceptors (Lipinski definition) is 6. The van der Waals surface area contributed by atoms with Gasteiger partial charge in [0.1, 0.15) is 5.82 Å². The fourth-order valence-electron chi connectivity index (χ4n) is 2.83. The molecule has 28 heavy (non-hydrogen) atoms. The molecule has 2 aromatic rings. The number of rotatable bonds is 6. The Morgan fingerprint density at radius 1 is 1.29 bits per heavy atom. The van der Waals surface area contributed by atoms with Crippen LogP contribution in [0.25, 0.3) is 5.69 Å². The zero-order valence-corrected chi connectivity index (χ0v) is 16.6. The van der Waals surface area contributed by atoms with E-state index in [2.05, 4.69) is 15.7 Å². The fourth-order valence-corrected chi connectivity index (χ4v) is 4.51. The molecule has 0 bridgehead atoms. The number of hydrogen-bond donors (Lipinski definition) is 2. The van der Waals surface area contributed by atoms with E-state index in [1.54, 1.807) is 31.4 Å². The summed E-state index contributed by atoms with van der Waals surface area (Å²) in [5.74, 6) is -2.07. The second-order valence-corrected chi connectivity index (χ2v) is 8.76. The van der Waals surface area contributed by atoms with Crippen LogP contribution in [0.1, 0.15) is 17.7 Å². The molecule has 9 nitrogen and oxygen atoms in total. The minimum absolute atomic E-state index is 0.149. The summed E-state index contributed by atoms with van der Waals surface area (Å²) in [6.45, 7) is 0.731. The Morgan fingerprint density at radius 2 is 2.07 bits per heavy atom. The Kier molecular flexibility index (Phi) is 6.01. The number of carbonyl (C=O) groups excluding carboxylic acids is 2. The zero-order valence-electron chi connectivity index (χ0n) is 15.1. The van der Waals surface area contributed by atoms with E-state index in [-0.39, 0.29) is 23.9 Å². The topological polar surface area (TPSA) is 119 Å². The molecule has 0 saturated heterocycles. The molecule has 0 saturated carbocycles. The Labute approximate surface area is 166 Å². The van der Waals surface area contributed by atoms with Crippen molar-refractivity contribution in [2.75, 3.05) is 25.6 Å². The third-order valence-electron chi connectivity index (χ3n) is 4.09. The number of aromatic nitrogens is 2. The molecule has 150 valence electrons. The summed E-state index contributed by atoms with van der Waals surface area (Å²) in [6, 6.07) is 6.72. The molecular formula is C17H19ClN4O5S. The smallest absolute Gasteiger partial charge is 0.314 e. The first-order valence-corrected chi connectivity index (χ1v) is 10.7. The predicted octanol–water partition coefficient (Wildman–Crippen LogP) is 1.05. The number of nitrogens with one attached hydrogen (secondary N) is 2. The van der Waals surface area contributed by atoms with Crippen LogP contribution in [-0.2, 0) is 35.7 Å². The maximum Gasteiger partial charge on any atom is 0.314 e. The number of amides is 2. The van der Waals surface area contributed by atoms with Gasteiger partial charge in [0, 0.05) is 30.8 Å². The summed E-state index contributed by atoms with van der Waals surface area (Å²) in [6.07, 6.45) is 0.559. The van der Waals surface area contributed by atoms with E-state index < -0.39 is 21.7 Å². The number of methoxy groups -OCH3 is 1. The van der Waals surface area contributed by atoms with Crippen LogP contribution in [0.3, 0.4) is 0 Å². The van der Waals surface area contributed by atoms with Crippen LogP contribution < -0.4 is 10.6 Å². The molecule has 2 N–H and O–H groups in total. The normalized spacial score (nSPS) is 14.5. The van der Waals surface area contributed by atoms with Crippen molar-refractivity contribution in [3.8, 4) is 5.69 Å². The van der Waals surface area contributed by atoms with Crippen molar-refractivity contribution in [1.82, 2.24) is 15.1 Å². The molecule has 11 heteroatoms. The van der Waals surface area contributed by atoms with Crippen molar-refractivity contribution in [2.24, 2.45) is 0 Å². The molecule has 1 aliphatic heterocycles. The van der Waals surface area contributed by atoms with Crippen LogP contribution in [0.15, 0.2) is 24.3 Å². The van der Waals surface area contributed by atoms with E-state index in [0.29, 0.717) is 35.0 Å². The molecule has 0 aliphatic carbocycles. The molecule has 0 fully saturated rings. The minimum Gasteiger partial charge on any atom is -0.385 e. The average Bonchev–Trinajstić information content (AvgIpc) is 3.11. The van der Waals surface area contributed by atoms with Gasteiger partial charge in [0.25, 0.3) is 0 Å². The molecule has 0 spiro atoms. The highest BCUT2D eigenvalue weighted by molar-refractivity contribution is 7.90. The number of anilines is 1. The van der Waals surface area contributed by atoms with Crippen molar-refractivity contribution < 1.29 is 22.7 Å². The maximum absolute atomic E-state index is 12.3. The van der Waals surface area contributed by atoms with Gasteiger partial charge in [-0.2, -0.15) is 5.10 Å². The van der Waals surface area contributed by atoms with Crippen LogP contribution >= 0.6 is 11.6 Å². The van der Waals surface area contributed by atoms with E-state index in [9.17, 15) is 18.0 Å². The molecule has 2 amide bonds. The number of nitrogens with zero attached hydrogens (tertiary/aromatic N) is 2. The number of fused-ring (bicyclic) bond motifs is 1. The highest BCUT2D eigenvalue weighted by Gasteiger charge is 2.33. The lowest BCUT2D eigenvalue weighted by molar-refractivity contribution is -0.136. The zero-order chi connectivity index (χ0) is 20.3. The SMILES string of the molecule is COCCCNC(=O)C(=O)Nc1c2c(nn1-c1cccc(Cl)c1)CS(=O)(=O)C2. The molecule has 1 aliphatic rings. The second-order valence-electron chi connectivity index (χ2n) is 6.25. The second kappa shape index (κ2) is 8.29. The largest absolute Gasteiger partial charge is 0.385 e. The van der Waals surface area contributed by atoms with Gasteiger partial charge in [0.05, 0.1) is 22.9 Å². The molecule has 2 heterocycles. The molecule has 1 aromatic heterocycles. The van der Waals surface area contributed by atoms with Gasteiger partial charge >= 0.3 is 11.8 Å². The van der Waals surface area contributed by atoms with E-state index >= 15 is 0 Å². The molecule has 0 atom stereocenters. The summed E-state index contributed by atoms with van der Waals surface area (Å²) >= 11 is 6.03. The highest BCUT2D eigenvalue weighted by atomic mass is 35.5. The van der Waals surface area contributed by atoms with Gasteiger partial charge in [-0.25, -0.2) is 13.1 Å². The lowest BCUT2D eigenvalue weighted by Gasteiger charge is -2.11. The van der Waals surface area contributed by atoms with Crippen LogP contribution in [0, 0.1) is 0 Å². The van der Waals surface area contributed by atoms with Crippen molar-refractivity contribution in [3.05, 3.63) is 40.5 Å². The number of ether oxygens (including phenoxy) is 1.